The fourth-order valence-electron chi connectivity index (χ4n) is 10.6. The zero-order valence-electron chi connectivity index (χ0n) is 37.4. The summed E-state index contributed by atoms with van der Waals surface area (Å²) in [6, 6.07) is 90.8. The van der Waals surface area contributed by atoms with Crippen molar-refractivity contribution in [3.63, 3.8) is 0 Å². The summed E-state index contributed by atoms with van der Waals surface area (Å²) >= 11 is 0. The molecule has 6 heteroatoms. The molecule has 3 aromatic heterocycles. The average Bonchev–Trinajstić information content (AvgIpc) is 3.98. The molecule has 0 fully saturated rings. The van der Waals surface area contributed by atoms with Crippen molar-refractivity contribution in [2.24, 2.45) is 0 Å². The molecule has 10 aromatic carbocycles. The van der Waals surface area contributed by atoms with Crippen LogP contribution in [0.5, 0.6) is 0 Å². The number of aromatic nitrogens is 4. The Kier molecular flexibility index (Phi) is 9.77. The fourth-order valence-corrected chi connectivity index (χ4v) is 15.4. The quantitative estimate of drug-likeness (QED) is 0.107. The van der Waals surface area contributed by atoms with E-state index in [0.29, 0.717) is 17.5 Å². The second kappa shape index (κ2) is 16.7. The molecule has 0 radical (unpaired) electrons. The van der Waals surface area contributed by atoms with Crippen molar-refractivity contribution >= 4 is 72.6 Å². The molecular weight excluding hydrogens is 857 g/mol. The van der Waals surface area contributed by atoms with E-state index in [9.17, 15) is 0 Å². The van der Waals surface area contributed by atoms with Crippen molar-refractivity contribution in [3.05, 3.63) is 255 Å². The Morgan fingerprint density at radius 1 is 0.319 bits per heavy atom. The van der Waals surface area contributed by atoms with E-state index in [1.165, 1.54) is 31.5 Å². The lowest BCUT2D eigenvalue weighted by atomic mass is 9.95. The summed E-state index contributed by atoms with van der Waals surface area (Å²) in [6.45, 7) is 0. The van der Waals surface area contributed by atoms with Crippen LogP contribution in [0.1, 0.15) is 0 Å². The molecule has 0 aliphatic carbocycles. The molecule has 13 aromatic rings. The SMILES string of the molecule is c1ccc([Si](c2ccccc2)(c2ccccc2)c2cccc(-c3nc(-c4ccc(-n5c6ccccc6c6ccccc65)cc4)nc(-c4ccccc4-c4cccc5oc6ccccc6c45)n3)c2)cc1. The molecule has 0 aliphatic heterocycles. The first-order chi connectivity index (χ1) is 34.2. The maximum Gasteiger partial charge on any atom is 0.179 e. The van der Waals surface area contributed by atoms with E-state index in [4.69, 9.17) is 19.4 Å². The van der Waals surface area contributed by atoms with Crippen molar-refractivity contribution in [2.75, 3.05) is 0 Å². The van der Waals surface area contributed by atoms with Crippen molar-refractivity contribution < 1.29 is 4.42 Å². The Morgan fingerprint density at radius 2 is 0.783 bits per heavy atom. The molecule has 0 saturated carbocycles. The third kappa shape index (κ3) is 6.72. The van der Waals surface area contributed by atoms with Gasteiger partial charge in [0.05, 0.1) is 11.0 Å². The van der Waals surface area contributed by atoms with Gasteiger partial charge in [0.15, 0.2) is 25.5 Å². The minimum absolute atomic E-state index is 0.588. The molecule has 13 rings (SSSR count). The first-order valence-corrected chi connectivity index (χ1v) is 25.3. The van der Waals surface area contributed by atoms with Gasteiger partial charge in [0.25, 0.3) is 0 Å². The molecule has 69 heavy (non-hydrogen) atoms. The van der Waals surface area contributed by atoms with Gasteiger partial charge in [-0.3, -0.25) is 0 Å². The van der Waals surface area contributed by atoms with E-state index in [-0.39, 0.29) is 0 Å². The Balaban J connectivity index is 1.03. The predicted molar refractivity (Wildman–Crippen MR) is 287 cm³/mol. The highest BCUT2D eigenvalue weighted by Crippen LogP contribution is 2.41. The van der Waals surface area contributed by atoms with Gasteiger partial charge in [-0.05, 0) is 80.4 Å². The van der Waals surface area contributed by atoms with Gasteiger partial charge < -0.3 is 8.98 Å². The van der Waals surface area contributed by atoms with Crippen molar-refractivity contribution in [1.82, 2.24) is 19.5 Å². The van der Waals surface area contributed by atoms with Crippen LogP contribution in [0.3, 0.4) is 0 Å². The fraction of sp³-hybridized carbons (Fsp3) is 0. The van der Waals surface area contributed by atoms with Crippen LogP contribution >= 0.6 is 0 Å². The van der Waals surface area contributed by atoms with Gasteiger partial charge >= 0.3 is 0 Å². The zero-order chi connectivity index (χ0) is 45.7. The lowest BCUT2D eigenvalue weighted by Crippen LogP contribution is -2.74. The van der Waals surface area contributed by atoms with Crippen LogP contribution in [-0.2, 0) is 0 Å². The van der Waals surface area contributed by atoms with Gasteiger partial charge in [-0.2, -0.15) is 0 Å². The number of benzene rings is 10. The van der Waals surface area contributed by atoms with Gasteiger partial charge in [0, 0.05) is 43.9 Å². The normalized spacial score (nSPS) is 11.8. The monoisotopic (exact) mass is 898 g/mol. The van der Waals surface area contributed by atoms with Gasteiger partial charge in [0.2, 0.25) is 0 Å². The number of hydrogen-bond acceptors (Lipinski definition) is 4. The second-order valence-electron chi connectivity index (χ2n) is 17.5. The van der Waals surface area contributed by atoms with Crippen molar-refractivity contribution in [1.29, 1.82) is 0 Å². The molecule has 0 saturated heterocycles. The summed E-state index contributed by atoms with van der Waals surface area (Å²) in [5.74, 6) is 1.78. The average molecular weight is 899 g/mol. The Hall–Kier alpha value is -8.97. The van der Waals surface area contributed by atoms with Crippen LogP contribution in [0.25, 0.3) is 94.7 Å². The first-order valence-electron chi connectivity index (χ1n) is 23.3. The lowest BCUT2D eigenvalue weighted by molar-refractivity contribution is 0.669. The smallest absolute Gasteiger partial charge is 0.179 e. The Bertz CT molecular complexity index is 3860. The van der Waals surface area contributed by atoms with E-state index in [2.05, 4.69) is 241 Å². The first kappa shape index (κ1) is 40.3. The van der Waals surface area contributed by atoms with Gasteiger partial charge in [0.1, 0.15) is 11.2 Å². The molecular formula is C63H42N4OSi. The van der Waals surface area contributed by atoms with Crippen LogP contribution in [0, 0.1) is 0 Å². The third-order valence-corrected chi connectivity index (χ3v) is 18.4. The summed E-state index contributed by atoms with van der Waals surface area (Å²) in [7, 11) is -2.87. The number of para-hydroxylation sites is 3. The summed E-state index contributed by atoms with van der Waals surface area (Å²) in [4.78, 5) is 16.2. The molecule has 0 spiro atoms. The van der Waals surface area contributed by atoms with Crippen LogP contribution in [0.15, 0.2) is 259 Å². The lowest BCUT2D eigenvalue weighted by Gasteiger charge is -2.34. The largest absolute Gasteiger partial charge is 0.456 e. The molecule has 0 aliphatic rings. The summed E-state index contributed by atoms with van der Waals surface area (Å²) in [6.07, 6.45) is 0. The Labute approximate surface area is 400 Å². The second-order valence-corrected chi connectivity index (χ2v) is 21.3. The van der Waals surface area contributed by atoms with Gasteiger partial charge in [-0.1, -0.05) is 206 Å². The predicted octanol–water partition coefficient (Wildman–Crippen LogP) is 12.9. The number of nitrogens with zero attached hydrogens (tertiary/aromatic N) is 4. The highest BCUT2D eigenvalue weighted by molar-refractivity contribution is 7.19. The molecule has 0 atom stereocenters. The maximum atomic E-state index is 6.39. The van der Waals surface area contributed by atoms with Crippen LogP contribution < -0.4 is 20.7 Å². The van der Waals surface area contributed by atoms with E-state index in [1.807, 2.05) is 18.2 Å². The molecule has 3 heterocycles. The third-order valence-electron chi connectivity index (χ3n) is 13.6. The van der Waals surface area contributed by atoms with E-state index >= 15 is 0 Å². The maximum absolute atomic E-state index is 6.39. The minimum Gasteiger partial charge on any atom is -0.456 e. The zero-order valence-corrected chi connectivity index (χ0v) is 38.4. The minimum atomic E-state index is -2.87. The van der Waals surface area contributed by atoms with E-state index < -0.39 is 8.07 Å². The molecule has 0 N–H and O–H groups in total. The number of furan rings is 1. The van der Waals surface area contributed by atoms with Crippen LogP contribution in [-0.4, -0.2) is 27.6 Å². The number of rotatable bonds is 9. The van der Waals surface area contributed by atoms with Crippen LogP contribution in [0.2, 0.25) is 0 Å². The van der Waals surface area contributed by atoms with E-state index in [0.717, 1.165) is 66.5 Å². The molecule has 0 bridgehead atoms. The van der Waals surface area contributed by atoms with Gasteiger partial charge in [-0.15, -0.1) is 0 Å². The Morgan fingerprint density at radius 3 is 1.42 bits per heavy atom. The summed E-state index contributed by atoms with van der Waals surface area (Å²) in [5.41, 5.74) is 9.85. The molecule has 324 valence electrons. The topological polar surface area (TPSA) is 56.7 Å². The highest BCUT2D eigenvalue weighted by atomic mass is 28.3. The van der Waals surface area contributed by atoms with Crippen LogP contribution in [0.4, 0.5) is 0 Å². The van der Waals surface area contributed by atoms with Crippen molar-refractivity contribution in [2.45, 2.75) is 0 Å². The number of hydrogen-bond donors (Lipinski definition) is 0. The number of fused-ring (bicyclic) bond motifs is 6. The van der Waals surface area contributed by atoms with Crippen molar-refractivity contribution in [3.8, 4) is 51.0 Å². The molecule has 0 unspecified atom stereocenters. The summed E-state index contributed by atoms with van der Waals surface area (Å²) < 4.78 is 8.73. The standard InChI is InChI=1S/C63H42N4OSi/c1-4-21-46(22-5-1)69(47-23-6-2-7-24-47,48-25-8-3-9-26-48)49-27-18-20-44(42-49)62-64-61(43-38-40-45(41-39-43)67-56-34-15-12-29-51(56)52-30-13-16-35-57(52)67)65-63(66-62)54-31-11-10-28-50(54)53-33-19-37-59-60(53)55-32-14-17-36-58(55)68-59/h1-42H. The van der Waals surface area contributed by atoms with Gasteiger partial charge in [-0.25, -0.2) is 15.0 Å². The summed E-state index contributed by atoms with van der Waals surface area (Å²) in [5, 5.41) is 9.72. The van der Waals surface area contributed by atoms with E-state index in [1.54, 1.807) is 0 Å². The molecule has 5 nitrogen and oxygen atoms in total. The highest BCUT2D eigenvalue weighted by Gasteiger charge is 2.41. The molecule has 0 amide bonds.